The summed E-state index contributed by atoms with van der Waals surface area (Å²) >= 11 is 0. The smallest absolute Gasteiger partial charge is 0.408 e. The molecule has 10 heteroatoms. The van der Waals surface area contributed by atoms with E-state index in [4.69, 9.17) is 14.8 Å². The lowest BCUT2D eigenvalue weighted by molar-refractivity contribution is -0.136. The van der Waals surface area contributed by atoms with Gasteiger partial charge in [-0.2, -0.15) is 5.26 Å². The van der Waals surface area contributed by atoms with Gasteiger partial charge in [-0.1, -0.05) is 5.16 Å². The number of nitriles is 1. The third kappa shape index (κ3) is 7.58. The maximum absolute atomic E-state index is 12.3. The first-order chi connectivity index (χ1) is 14.2. The highest BCUT2D eigenvalue weighted by molar-refractivity contribution is 5.78. The molecule has 1 N–H and O–H groups in total. The Morgan fingerprint density at radius 1 is 1.33 bits per heavy atom. The second-order valence-corrected chi connectivity index (χ2v) is 7.85. The van der Waals surface area contributed by atoms with Crippen LogP contribution in [-0.4, -0.2) is 72.5 Å². The van der Waals surface area contributed by atoms with Gasteiger partial charge in [0.05, 0.1) is 17.8 Å². The van der Waals surface area contributed by atoms with Gasteiger partial charge in [0, 0.05) is 32.4 Å². The summed E-state index contributed by atoms with van der Waals surface area (Å²) in [4.78, 5) is 37.0. The number of carbonyl (C=O) groups excluding carboxylic acids is 2. The maximum Gasteiger partial charge on any atom is 0.408 e. The van der Waals surface area contributed by atoms with Crippen LogP contribution in [0.1, 0.15) is 33.3 Å². The Balaban J connectivity index is 1.69. The summed E-state index contributed by atoms with van der Waals surface area (Å²) in [6.07, 6.45) is 2.38. The number of hydrogen-bond acceptors (Lipinski definition) is 8. The zero-order valence-electron chi connectivity index (χ0n) is 17.8. The summed E-state index contributed by atoms with van der Waals surface area (Å²) in [5.41, 5.74) is -0.0646. The summed E-state index contributed by atoms with van der Waals surface area (Å²) in [6, 6.07) is 5.17. The summed E-state index contributed by atoms with van der Waals surface area (Å²) in [5.74, 6) is 0.626. The molecular weight excluding hydrogens is 388 g/mol. The Morgan fingerprint density at radius 3 is 2.60 bits per heavy atom. The number of ether oxygens (including phenoxy) is 1. The number of alkyl carbamates (subject to hydrolysis) is 1. The van der Waals surface area contributed by atoms with Gasteiger partial charge in [0.15, 0.2) is 6.61 Å². The van der Waals surface area contributed by atoms with Crippen molar-refractivity contribution in [2.45, 2.75) is 39.3 Å². The van der Waals surface area contributed by atoms with Gasteiger partial charge in [0.1, 0.15) is 17.5 Å². The normalized spacial score (nSPS) is 15.4. The molecule has 2 rings (SSSR count). The van der Waals surface area contributed by atoms with Crippen molar-refractivity contribution in [2.24, 2.45) is 5.16 Å². The lowest BCUT2D eigenvalue weighted by atomic mass is 10.2. The lowest BCUT2D eigenvalue weighted by Gasteiger charge is -2.35. The number of amides is 2. The molecule has 0 aromatic carbocycles. The first kappa shape index (κ1) is 22.9. The lowest BCUT2D eigenvalue weighted by Crippen LogP contribution is -2.49. The molecule has 1 saturated heterocycles. The Labute approximate surface area is 176 Å². The highest BCUT2D eigenvalue weighted by atomic mass is 16.6. The highest BCUT2D eigenvalue weighted by Gasteiger charge is 2.22. The number of piperazine rings is 1. The Bertz CT molecular complexity index is 789. The molecule has 1 aliphatic rings. The number of nitrogens with one attached hydrogen (secondary N) is 1. The van der Waals surface area contributed by atoms with Gasteiger partial charge in [-0.05, 0) is 39.8 Å². The molecular formula is C20H28N6O4. The molecule has 10 nitrogen and oxygen atoms in total. The van der Waals surface area contributed by atoms with Crippen LogP contribution >= 0.6 is 0 Å². The van der Waals surface area contributed by atoms with Crippen LogP contribution in [0.15, 0.2) is 23.5 Å². The van der Waals surface area contributed by atoms with E-state index in [1.54, 1.807) is 44.7 Å². The van der Waals surface area contributed by atoms with E-state index in [0.717, 1.165) is 5.82 Å². The topological polar surface area (TPSA) is 120 Å². The molecule has 2 amide bonds. The van der Waals surface area contributed by atoms with Gasteiger partial charge in [-0.25, -0.2) is 9.78 Å². The molecule has 1 aromatic rings. The van der Waals surface area contributed by atoms with Crippen molar-refractivity contribution < 1.29 is 19.2 Å². The first-order valence-electron chi connectivity index (χ1n) is 9.72. The summed E-state index contributed by atoms with van der Waals surface area (Å²) in [5, 5.41) is 15.2. The van der Waals surface area contributed by atoms with Crippen LogP contribution in [0.4, 0.5) is 10.6 Å². The molecule has 0 radical (unpaired) electrons. The molecule has 1 unspecified atom stereocenters. The molecule has 0 saturated carbocycles. The van der Waals surface area contributed by atoms with E-state index in [9.17, 15) is 9.59 Å². The standard InChI is InChI=1S/C20H28N6O4/c1-15(24-19(28)30-20(2,3)4)12-23-29-14-18(27)26-9-7-25(8-10-26)17-6-5-16(11-21)13-22-17/h5-6,12-13,15H,7-10,14H2,1-4H3,(H,24,28). The van der Waals surface area contributed by atoms with Crippen LogP contribution in [0.5, 0.6) is 0 Å². The van der Waals surface area contributed by atoms with Crippen molar-refractivity contribution in [3.63, 3.8) is 0 Å². The van der Waals surface area contributed by atoms with E-state index in [2.05, 4.69) is 20.4 Å². The second-order valence-electron chi connectivity index (χ2n) is 7.85. The minimum absolute atomic E-state index is 0.160. The number of oxime groups is 1. The molecule has 0 aliphatic carbocycles. The van der Waals surface area contributed by atoms with E-state index < -0.39 is 17.7 Å². The van der Waals surface area contributed by atoms with Crippen LogP contribution in [0.3, 0.4) is 0 Å². The van der Waals surface area contributed by atoms with E-state index in [1.165, 1.54) is 12.4 Å². The van der Waals surface area contributed by atoms with E-state index in [0.29, 0.717) is 31.7 Å². The summed E-state index contributed by atoms with van der Waals surface area (Å²) < 4.78 is 5.15. The van der Waals surface area contributed by atoms with Gasteiger partial charge < -0.3 is 24.7 Å². The maximum atomic E-state index is 12.3. The third-order valence-electron chi connectivity index (χ3n) is 4.12. The van der Waals surface area contributed by atoms with Gasteiger partial charge in [-0.15, -0.1) is 0 Å². The van der Waals surface area contributed by atoms with Crippen molar-refractivity contribution in [1.29, 1.82) is 5.26 Å². The van der Waals surface area contributed by atoms with Gasteiger partial charge in [0.25, 0.3) is 5.91 Å². The largest absolute Gasteiger partial charge is 0.444 e. The highest BCUT2D eigenvalue weighted by Crippen LogP contribution is 2.14. The second kappa shape index (κ2) is 10.4. The summed E-state index contributed by atoms with van der Waals surface area (Å²) in [6.45, 7) is 9.26. The molecule has 2 heterocycles. The minimum atomic E-state index is -0.579. The Hall–Kier alpha value is -3.35. The quantitative estimate of drug-likeness (QED) is 0.551. The molecule has 1 fully saturated rings. The zero-order chi connectivity index (χ0) is 22.1. The number of hydrogen-bond donors (Lipinski definition) is 1. The fraction of sp³-hybridized carbons (Fsp3) is 0.550. The van der Waals surface area contributed by atoms with Gasteiger partial charge in [-0.3, -0.25) is 4.79 Å². The van der Waals surface area contributed by atoms with Crippen molar-refractivity contribution in [1.82, 2.24) is 15.2 Å². The molecule has 162 valence electrons. The summed E-state index contributed by atoms with van der Waals surface area (Å²) in [7, 11) is 0. The molecule has 1 atom stereocenters. The molecule has 1 aliphatic heterocycles. The fourth-order valence-electron chi connectivity index (χ4n) is 2.67. The number of rotatable bonds is 6. The van der Waals surface area contributed by atoms with E-state index >= 15 is 0 Å². The predicted octanol–water partition coefficient (Wildman–Crippen LogP) is 1.52. The van der Waals surface area contributed by atoms with E-state index in [1.807, 2.05) is 6.07 Å². The average Bonchev–Trinajstić information content (AvgIpc) is 2.69. The minimum Gasteiger partial charge on any atom is -0.444 e. The zero-order valence-corrected chi connectivity index (χ0v) is 17.8. The van der Waals surface area contributed by atoms with Crippen LogP contribution in [0.2, 0.25) is 0 Å². The van der Waals surface area contributed by atoms with Crippen molar-refractivity contribution in [3.8, 4) is 6.07 Å². The van der Waals surface area contributed by atoms with Crippen molar-refractivity contribution >= 4 is 24.0 Å². The Kier molecular flexibility index (Phi) is 7.98. The van der Waals surface area contributed by atoms with Crippen LogP contribution in [0, 0.1) is 11.3 Å². The van der Waals surface area contributed by atoms with Gasteiger partial charge >= 0.3 is 6.09 Å². The average molecular weight is 416 g/mol. The molecule has 1 aromatic heterocycles. The monoisotopic (exact) mass is 416 g/mol. The number of aromatic nitrogens is 1. The predicted molar refractivity (Wildman–Crippen MR) is 111 cm³/mol. The number of pyridine rings is 1. The van der Waals surface area contributed by atoms with Crippen LogP contribution in [0.25, 0.3) is 0 Å². The first-order valence-corrected chi connectivity index (χ1v) is 9.72. The van der Waals surface area contributed by atoms with E-state index in [-0.39, 0.29) is 12.5 Å². The number of nitrogens with zero attached hydrogens (tertiary/aromatic N) is 5. The third-order valence-corrected chi connectivity index (χ3v) is 4.12. The molecule has 30 heavy (non-hydrogen) atoms. The molecule has 0 spiro atoms. The Morgan fingerprint density at radius 2 is 2.03 bits per heavy atom. The van der Waals surface area contributed by atoms with Crippen molar-refractivity contribution in [3.05, 3.63) is 23.9 Å². The fourth-order valence-corrected chi connectivity index (χ4v) is 2.67. The molecule has 0 bridgehead atoms. The van der Waals surface area contributed by atoms with Crippen LogP contribution in [-0.2, 0) is 14.4 Å². The number of carbonyl (C=O) groups is 2. The number of anilines is 1. The van der Waals surface area contributed by atoms with Crippen LogP contribution < -0.4 is 10.2 Å². The van der Waals surface area contributed by atoms with Gasteiger partial charge in [0.2, 0.25) is 0 Å². The van der Waals surface area contributed by atoms with Crippen molar-refractivity contribution in [2.75, 3.05) is 37.7 Å². The SMILES string of the molecule is CC(C=NOCC(=O)N1CCN(c2ccc(C#N)cn2)CC1)NC(=O)OC(C)(C)C.